The van der Waals surface area contributed by atoms with Crippen molar-refractivity contribution in [3.05, 3.63) is 29.3 Å². The van der Waals surface area contributed by atoms with Crippen LogP contribution in [0, 0.1) is 0 Å². The van der Waals surface area contributed by atoms with E-state index < -0.39 is 6.16 Å². The number of unbranched alkanes of at least 4 members (excludes halogenated alkanes) is 8. The zero-order chi connectivity index (χ0) is 19.7. The number of ether oxygens (including phenoxy) is 2. The van der Waals surface area contributed by atoms with Gasteiger partial charge < -0.3 is 9.47 Å². The molecule has 0 aromatic heterocycles. The molecule has 1 aromatic carbocycles. The predicted octanol–water partition coefficient (Wildman–Crippen LogP) is 7.64. The molecular formula is C24H40O3. The average molecular weight is 377 g/mol. The Morgan fingerprint density at radius 2 is 1.41 bits per heavy atom. The van der Waals surface area contributed by atoms with E-state index in [1.807, 2.05) is 12.1 Å². The zero-order valence-electron chi connectivity index (χ0n) is 17.9. The van der Waals surface area contributed by atoms with Crippen LogP contribution in [0.15, 0.2) is 18.2 Å². The second-order valence-electron chi connectivity index (χ2n) is 7.42. The van der Waals surface area contributed by atoms with Crippen LogP contribution >= 0.6 is 0 Å². The molecule has 0 spiro atoms. The van der Waals surface area contributed by atoms with E-state index in [1.54, 1.807) is 0 Å². The zero-order valence-corrected chi connectivity index (χ0v) is 17.9. The normalized spacial score (nSPS) is 10.8. The standard InChI is InChI=1S/C24H40O3/c1-4-7-10-12-16-21-17-15-19-23(22(21)18-13-11-8-5-2)27-24(25)26-20-14-9-6-3/h15,17,19H,4-14,16,18,20H2,1-3H3. The number of aryl methyl sites for hydroxylation is 1. The first-order valence-corrected chi connectivity index (χ1v) is 11.2. The van der Waals surface area contributed by atoms with E-state index in [2.05, 4.69) is 26.8 Å². The van der Waals surface area contributed by atoms with Gasteiger partial charge in [-0.25, -0.2) is 4.79 Å². The van der Waals surface area contributed by atoms with Crippen molar-refractivity contribution >= 4 is 6.16 Å². The van der Waals surface area contributed by atoms with Crippen molar-refractivity contribution in [1.82, 2.24) is 0 Å². The summed E-state index contributed by atoms with van der Waals surface area (Å²) in [5.41, 5.74) is 2.54. The van der Waals surface area contributed by atoms with E-state index in [-0.39, 0.29) is 0 Å². The van der Waals surface area contributed by atoms with Crippen molar-refractivity contribution in [1.29, 1.82) is 0 Å². The Labute approximate surface area is 166 Å². The minimum absolute atomic E-state index is 0.440. The fourth-order valence-corrected chi connectivity index (χ4v) is 3.32. The summed E-state index contributed by atoms with van der Waals surface area (Å²) in [5, 5.41) is 0. The Morgan fingerprint density at radius 3 is 2.07 bits per heavy atom. The number of carbonyl (C=O) groups excluding carboxylic acids is 1. The number of rotatable bonds is 15. The minimum Gasteiger partial charge on any atom is -0.434 e. The summed E-state index contributed by atoms with van der Waals surface area (Å²) in [6, 6.07) is 6.11. The van der Waals surface area contributed by atoms with Crippen molar-refractivity contribution in [2.75, 3.05) is 6.61 Å². The highest BCUT2D eigenvalue weighted by Crippen LogP contribution is 2.27. The van der Waals surface area contributed by atoms with Crippen molar-refractivity contribution in [3.8, 4) is 5.75 Å². The molecule has 0 bridgehead atoms. The molecule has 0 saturated heterocycles. The van der Waals surface area contributed by atoms with Crippen LogP contribution < -0.4 is 4.74 Å². The first-order valence-electron chi connectivity index (χ1n) is 11.2. The Kier molecular flexibility index (Phi) is 13.5. The van der Waals surface area contributed by atoms with Crippen LogP contribution in [0.3, 0.4) is 0 Å². The molecule has 0 N–H and O–H groups in total. The smallest absolute Gasteiger partial charge is 0.434 e. The highest BCUT2D eigenvalue weighted by molar-refractivity contribution is 5.65. The molecule has 0 aliphatic rings. The molecule has 3 nitrogen and oxygen atoms in total. The van der Waals surface area contributed by atoms with Crippen LogP contribution in [0.1, 0.15) is 103 Å². The Balaban J connectivity index is 2.72. The van der Waals surface area contributed by atoms with Crippen LogP contribution in [-0.4, -0.2) is 12.8 Å². The fourth-order valence-electron chi connectivity index (χ4n) is 3.32. The third kappa shape index (κ3) is 10.4. The molecule has 0 aliphatic carbocycles. The summed E-state index contributed by atoms with van der Waals surface area (Å²) in [5.74, 6) is 0.694. The molecule has 0 fully saturated rings. The van der Waals surface area contributed by atoms with Gasteiger partial charge in [0.05, 0.1) is 6.61 Å². The van der Waals surface area contributed by atoms with E-state index in [9.17, 15) is 4.79 Å². The van der Waals surface area contributed by atoms with Gasteiger partial charge in [-0.05, 0) is 49.3 Å². The summed E-state index contributed by atoms with van der Waals surface area (Å²) >= 11 is 0. The molecule has 0 unspecified atom stereocenters. The second kappa shape index (κ2) is 15.5. The highest BCUT2D eigenvalue weighted by Gasteiger charge is 2.14. The first kappa shape index (κ1) is 23.5. The third-order valence-corrected chi connectivity index (χ3v) is 4.97. The lowest BCUT2D eigenvalue weighted by molar-refractivity contribution is 0.0970. The van der Waals surface area contributed by atoms with E-state index >= 15 is 0 Å². The van der Waals surface area contributed by atoms with Gasteiger partial charge in [-0.2, -0.15) is 0 Å². The lowest BCUT2D eigenvalue weighted by atomic mass is 9.96. The first-order chi connectivity index (χ1) is 13.2. The van der Waals surface area contributed by atoms with Gasteiger partial charge in [-0.15, -0.1) is 0 Å². The molecule has 0 saturated carbocycles. The van der Waals surface area contributed by atoms with Crippen molar-refractivity contribution in [2.24, 2.45) is 0 Å². The van der Waals surface area contributed by atoms with Crippen LogP contribution in [0.5, 0.6) is 5.75 Å². The van der Waals surface area contributed by atoms with Gasteiger partial charge in [0.2, 0.25) is 0 Å². The number of benzene rings is 1. The topological polar surface area (TPSA) is 35.5 Å². The van der Waals surface area contributed by atoms with Crippen LogP contribution in [-0.2, 0) is 17.6 Å². The van der Waals surface area contributed by atoms with Gasteiger partial charge in [-0.3, -0.25) is 0 Å². The lowest BCUT2D eigenvalue weighted by Crippen LogP contribution is -2.13. The van der Waals surface area contributed by atoms with E-state index in [1.165, 1.54) is 56.1 Å². The molecule has 154 valence electrons. The van der Waals surface area contributed by atoms with Gasteiger partial charge in [0, 0.05) is 0 Å². The third-order valence-electron chi connectivity index (χ3n) is 4.97. The van der Waals surface area contributed by atoms with Crippen LogP contribution in [0.2, 0.25) is 0 Å². The SMILES string of the molecule is CCCCCCc1cccc(OC(=O)OCCCCC)c1CCCCCC. The van der Waals surface area contributed by atoms with Gasteiger partial charge in [0.15, 0.2) is 0 Å². The van der Waals surface area contributed by atoms with Crippen molar-refractivity contribution in [2.45, 2.75) is 104 Å². The maximum atomic E-state index is 12.1. The van der Waals surface area contributed by atoms with Crippen LogP contribution in [0.25, 0.3) is 0 Å². The van der Waals surface area contributed by atoms with Gasteiger partial charge in [0.1, 0.15) is 5.75 Å². The maximum Gasteiger partial charge on any atom is 0.513 e. The molecule has 1 aromatic rings. The molecule has 0 aliphatic heterocycles. The lowest BCUT2D eigenvalue weighted by Gasteiger charge is -2.15. The minimum atomic E-state index is -0.566. The summed E-state index contributed by atoms with van der Waals surface area (Å²) in [4.78, 5) is 12.1. The second-order valence-corrected chi connectivity index (χ2v) is 7.42. The average Bonchev–Trinajstić information content (AvgIpc) is 2.67. The monoisotopic (exact) mass is 376 g/mol. The molecule has 0 heterocycles. The molecule has 3 heteroatoms. The number of hydrogen-bond donors (Lipinski definition) is 0. The summed E-state index contributed by atoms with van der Waals surface area (Å²) < 4.78 is 10.8. The molecule has 1 rings (SSSR count). The van der Waals surface area contributed by atoms with Crippen molar-refractivity contribution in [3.63, 3.8) is 0 Å². The quantitative estimate of drug-likeness (QED) is 0.179. The van der Waals surface area contributed by atoms with Crippen molar-refractivity contribution < 1.29 is 14.3 Å². The Hall–Kier alpha value is -1.51. The molecule has 0 radical (unpaired) electrons. The Morgan fingerprint density at radius 1 is 0.778 bits per heavy atom. The summed E-state index contributed by atoms with van der Waals surface area (Å²) in [6.07, 6.45) is 14.4. The molecule has 27 heavy (non-hydrogen) atoms. The van der Waals surface area contributed by atoms with Gasteiger partial charge in [-0.1, -0.05) is 84.3 Å². The molecule has 0 atom stereocenters. The molecular weight excluding hydrogens is 336 g/mol. The fraction of sp³-hybridized carbons (Fsp3) is 0.708. The van der Waals surface area contributed by atoms with E-state index in [0.29, 0.717) is 12.4 Å². The predicted molar refractivity (Wildman–Crippen MR) is 114 cm³/mol. The van der Waals surface area contributed by atoms with Crippen LogP contribution in [0.4, 0.5) is 4.79 Å². The number of hydrogen-bond acceptors (Lipinski definition) is 3. The maximum absolute atomic E-state index is 12.1. The summed E-state index contributed by atoms with van der Waals surface area (Å²) in [7, 11) is 0. The van der Waals surface area contributed by atoms with E-state index in [4.69, 9.17) is 9.47 Å². The van der Waals surface area contributed by atoms with Gasteiger partial charge >= 0.3 is 6.16 Å². The largest absolute Gasteiger partial charge is 0.513 e. The summed E-state index contributed by atoms with van der Waals surface area (Å²) in [6.45, 7) is 7.04. The Bertz CT molecular complexity index is 510. The highest BCUT2D eigenvalue weighted by atomic mass is 16.7. The number of carbonyl (C=O) groups is 1. The van der Waals surface area contributed by atoms with Gasteiger partial charge in [0.25, 0.3) is 0 Å². The van der Waals surface area contributed by atoms with E-state index in [0.717, 1.165) is 38.5 Å². The molecule has 0 amide bonds.